The molecule has 0 aromatic rings. The Labute approximate surface area is 90.2 Å². The molecule has 0 saturated heterocycles. The van der Waals surface area contributed by atoms with Crippen molar-refractivity contribution in [2.24, 2.45) is 11.8 Å². The van der Waals surface area contributed by atoms with Crippen molar-refractivity contribution in [1.29, 1.82) is 0 Å². The highest BCUT2D eigenvalue weighted by Gasteiger charge is 2.17. The molecule has 15 heavy (non-hydrogen) atoms. The number of hydrogen-bond donors (Lipinski definition) is 3. The van der Waals surface area contributed by atoms with Crippen molar-refractivity contribution in [3.63, 3.8) is 0 Å². The van der Waals surface area contributed by atoms with Crippen LogP contribution in [-0.4, -0.2) is 37.1 Å². The van der Waals surface area contributed by atoms with Crippen molar-refractivity contribution in [3.8, 4) is 0 Å². The summed E-state index contributed by atoms with van der Waals surface area (Å²) in [7, 11) is 1.77. The maximum absolute atomic E-state index is 11.4. The first-order valence-corrected chi connectivity index (χ1v) is 5.18. The van der Waals surface area contributed by atoms with Gasteiger partial charge in [-0.2, -0.15) is 0 Å². The SMILES string of the molecule is CCC(CNC(=O)C(C)CNC)C(=O)O. The maximum atomic E-state index is 11.4. The van der Waals surface area contributed by atoms with Crippen LogP contribution in [0.1, 0.15) is 20.3 Å². The van der Waals surface area contributed by atoms with Crippen LogP contribution in [-0.2, 0) is 9.59 Å². The Morgan fingerprint density at radius 2 is 1.93 bits per heavy atom. The van der Waals surface area contributed by atoms with Crippen molar-refractivity contribution in [1.82, 2.24) is 10.6 Å². The molecule has 3 N–H and O–H groups in total. The zero-order valence-electron chi connectivity index (χ0n) is 9.54. The van der Waals surface area contributed by atoms with Crippen molar-refractivity contribution in [2.75, 3.05) is 20.1 Å². The van der Waals surface area contributed by atoms with E-state index < -0.39 is 11.9 Å². The topological polar surface area (TPSA) is 78.4 Å². The molecular formula is C10H20N2O3. The van der Waals surface area contributed by atoms with Gasteiger partial charge in [0.2, 0.25) is 5.91 Å². The van der Waals surface area contributed by atoms with Crippen LogP contribution in [0.25, 0.3) is 0 Å². The number of carbonyl (C=O) groups excluding carboxylic acids is 1. The Morgan fingerprint density at radius 1 is 1.33 bits per heavy atom. The van der Waals surface area contributed by atoms with Crippen LogP contribution in [0.5, 0.6) is 0 Å². The van der Waals surface area contributed by atoms with E-state index >= 15 is 0 Å². The van der Waals surface area contributed by atoms with Gasteiger partial charge in [-0.1, -0.05) is 13.8 Å². The third-order valence-electron chi connectivity index (χ3n) is 2.32. The van der Waals surface area contributed by atoms with Crippen LogP contribution in [0, 0.1) is 11.8 Å². The molecule has 0 rings (SSSR count). The highest BCUT2D eigenvalue weighted by Crippen LogP contribution is 2.01. The van der Waals surface area contributed by atoms with Crippen LogP contribution in [0.15, 0.2) is 0 Å². The summed E-state index contributed by atoms with van der Waals surface area (Å²) in [6, 6.07) is 0. The lowest BCUT2D eigenvalue weighted by Gasteiger charge is -2.14. The number of aliphatic carboxylic acids is 1. The molecule has 0 fully saturated rings. The minimum Gasteiger partial charge on any atom is -0.481 e. The summed E-state index contributed by atoms with van der Waals surface area (Å²) >= 11 is 0. The average Bonchev–Trinajstić information content (AvgIpc) is 2.18. The van der Waals surface area contributed by atoms with E-state index in [4.69, 9.17) is 5.11 Å². The molecule has 5 nitrogen and oxygen atoms in total. The van der Waals surface area contributed by atoms with Gasteiger partial charge in [0.25, 0.3) is 0 Å². The molecule has 0 spiro atoms. The van der Waals surface area contributed by atoms with Crippen LogP contribution in [0.2, 0.25) is 0 Å². The Morgan fingerprint density at radius 3 is 2.33 bits per heavy atom. The standard InChI is InChI=1S/C10H20N2O3/c1-4-8(10(14)15)6-12-9(13)7(2)5-11-3/h7-8,11H,4-6H2,1-3H3,(H,12,13)(H,14,15). The molecule has 0 aliphatic rings. The van der Waals surface area contributed by atoms with E-state index in [-0.39, 0.29) is 18.4 Å². The number of hydrogen-bond acceptors (Lipinski definition) is 3. The lowest BCUT2D eigenvalue weighted by atomic mass is 10.1. The molecule has 2 unspecified atom stereocenters. The monoisotopic (exact) mass is 216 g/mol. The highest BCUT2D eigenvalue weighted by molar-refractivity contribution is 5.79. The van der Waals surface area contributed by atoms with Gasteiger partial charge in [0, 0.05) is 19.0 Å². The van der Waals surface area contributed by atoms with Crippen LogP contribution in [0.3, 0.4) is 0 Å². The molecular weight excluding hydrogens is 196 g/mol. The van der Waals surface area contributed by atoms with E-state index in [0.29, 0.717) is 13.0 Å². The summed E-state index contributed by atoms with van der Waals surface area (Å²) in [5.74, 6) is -1.60. The van der Waals surface area contributed by atoms with Gasteiger partial charge in [-0.05, 0) is 13.5 Å². The van der Waals surface area contributed by atoms with Crippen molar-refractivity contribution in [3.05, 3.63) is 0 Å². The maximum Gasteiger partial charge on any atom is 0.308 e. The zero-order chi connectivity index (χ0) is 11.8. The molecule has 5 heteroatoms. The van der Waals surface area contributed by atoms with Crippen molar-refractivity contribution < 1.29 is 14.7 Å². The second-order valence-electron chi connectivity index (χ2n) is 3.65. The molecule has 0 aromatic heterocycles. The first kappa shape index (κ1) is 13.9. The number of carboxylic acids is 1. The van der Waals surface area contributed by atoms with Gasteiger partial charge >= 0.3 is 5.97 Å². The molecule has 0 saturated carbocycles. The first-order valence-electron chi connectivity index (χ1n) is 5.18. The third kappa shape index (κ3) is 5.37. The second kappa shape index (κ2) is 7.23. The van der Waals surface area contributed by atoms with E-state index in [9.17, 15) is 9.59 Å². The number of carboxylic acid groups (broad SMARTS) is 1. The van der Waals surface area contributed by atoms with Crippen LogP contribution < -0.4 is 10.6 Å². The molecule has 0 aliphatic carbocycles. The summed E-state index contributed by atoms with van der Waals surface area (Å²) in [6.07, 6.45) is 0.524. The summed E-state index contributed by atoms with van der Waals surface area (Å²) < 4.78 is 0. The quantitative estimate of drug-likeness (QED) is 0.562. The average molecular weight is 216 g/mol. The highest BCUT2D eigenvalue weighted by atomic mass is 16.4. The number of carbonyl (C=O) groups is 2. The summed E-state index contributed by atoms with van der Waals surface area (Å²) in [5, 5.41) is 14.3. The smallest absolute Gasteiger partial charge is 0.308 e. The Balaban J connectivity index is 3.92. The Bertz CT molecular complexity index is 219. The summed E-state index contributed by atoms with van der Waals surface area (Å²) in [4.78, 5) is 22.1. The van der Waals surface area contributed by atoms with Gasteiger partial charge in [0.05, 0.1) is 5.92 Å². The van der Waals surface area contributed by atoms with E-state index in [2.05, 4.69) is 10.6 Å². The predicted octanol–water partition coefficient (Wildman–Crippen LogP) is 0.0689. The van der Waals surface area contributed by atoms with E-state index in [0.717, 1.165) is 0 Å². The molecule has 1 amide bonds. The minimum atomic E-state index is -0.862. The van der Waals surface area contributed by atoms with Gasteiger partial charge in [0.1, 0.15) is 0 Å². The fraction of sp³-hybridized carbons (Fsp3) is 0.800. The van der Waals surface area contributed by atoms with Gasteiger partial charge in [-0.15, -0.1) is 0 Å². The Hall–Kier alpha value is -1.10. The van der Waals surface area contributed by atoms with Gasteiger partial charge in [-0.25, -0.2) is 0 Å². The summed E-state index contributed by atoms with van der Waals surface area (Å²) in [5.41, 5.74) is 0. The largest absolute Gasteiger partial charge is 0.481 e. The number of rotatable bonds is 7. The van der Waals surface area contributed by atoms with Crippen LogP contribution >= 0.6 is 0 Å². The van der Waals surface area contributed by atoms with E-state index in [1.165, 1.54) is 0 Å². The van der Waals surface area contributed by atoms with Crippen LogP contribution in [0.4, 0.5) is 0 Å². The molecule has 0 radical (unpaired) electrons. The van der Waals surface area contributed by atoms with Crippen molar-refractivity contribution >= 4 is 11.9 Å². The molecule has 2 atom stereocenters. The van der Waals surface area contributed by atoms with E-state index in [1.54, 1.807) is 20.9 Å². The molecule has 0 aromatic carbocycles. The van der Waals surface area contributed by atoms with Gasteiger partial charge < -0.3 is 15.7 Å². The lowest BCUT2D eigenvalue weighted by molar-refractivity contribution is -0.141. The Kier molecular flexibility index (Phi) is 6.70. The molecule has 88 valence electrons. The third-order valence-corrected chi connectivity index (χ3v) is 2.32. The van der Waals surface area contributed by atoms with Gasteiger partial charge in [0.15, 0.2) is 0 Å². The molecule has 0 heterocycles. The fourth-order valence-corrected chi connectivity index (χ4v) is 1.20. The van der Waals surface area contributed by atoms with Gasteiger partial charge in [-0.3, -0.25) is 9.59 Å². The normalized spacial score (nSPS) is 14.3. The number of nitrogens with one attached hydrogen (secondary N) is 2. The first-order chi connectivity index (χ1) is 7.02. The van der Waals surface area contributed by atoms with Crippen molar-refractivity contribution in [2.45, 2.75) is 20.3 Å². The summed E-state index contributed by atoms with van der Waals surface area (Å²) in [6.45, 7) is 4.39. The molecule has 0 aliphatic heterocycles. The minimum absolute atomic E-state index is 0.107. The fourth-order valence-electron chi connectivity index (χ4n) is 1.20. The zero-order valence-corrected chi connectivity index (χ0v) is 9.54. The number of amides is 1. The van der Waals surface area contributed by atoms with E-state index in [1.807, 2.05) is 0 Å². The predicted molar refractivity (Wildman–Crippen MR) is 57.5 cm³/mol. The second-order valence-corrected chi connectivity index (χ2v) is 3.65. The lowest BCUT2D eigenvalue weighted by Crippen LogP contribution is -2.38. The molecule has 0 bridgehead atoms.